The number of hydrogen-bond donors (Lipinski definition) is 3. The van der Waals surface area contributed by atoms with E-state index in [-0.39, 0.29) is 6.10 Å². The lowest BCUT2D eigenvalue weighted by Gasteiger charge is -2.47. The molecule has 2 aromatic rings. The number of ether oxygens (including phenoxy) is 2. The second-order valence-corrected chi connectivity index (χ2v) is 11.5. The number of hydrogen-bond acceptors (Lipinski definition) is 7. The van der Waals surface area contributed by atoms with Crippen molar-refractivity contribution in [2.75, 3.05) is 19.9 Å². The molecule has 0 saturated carbocycles. The Morgan fingerprint density at radius 1 is 0.886 bits per heavy atom. The molecule has 0 aliphatic carbocycles. The predicted molar refractivity (Wildman–Crippen MR) is 128 cm³/mol. The number of quaternary nitrogens is 1. The summed E-state index contributed by atoms with van der Waals surface area (Å²) in [5.41, 5.74) is -0.635. The van der Waals surface area contributed by atoms with Crippen molar-refractivity contribution >= 4 is 15.0 Å². The normalized spacial score (nSPS) is 25.6. The van der Waals surface area contributed by atoms with Gasteiger partial charge in [0.25, 0.3) is 0 Å². The number of esters is 1. The molecule has 0 radical (unpaired) electrons. The molecule has 188 valence electrons. The Hall–Kier alpha value is -2.11. The van der Waals surface area contributed by atoms with Gasteiger partial charge in [-0.1, -0.05) is 60.7 Å². The summed E-state index contributed by atoms with van der Waals surface area (Å²) >= 11 is 0. The van der Waals surface area contributed by atoms with E-state index in [0.717, 1.165) is 12.8 Å². The topological polar surface area (TPSA) is 105 Å². The van der Waals surface area contributed by atoms with Gasteiger partial charge in [0.2, 0.25) is 5.60 Å². The Bertz CT molecular complexity index is 952. The van der Waals surface area contributed by atoms with Crippen molar-refractivity contribution in [3.05, 3.63) is 71.8 Å². The molecule has 0 aromatic heterocycles. The highest BCUT2D eigenvalue weighted by Gasteiger charge is 2.57. The van der Waals surface area contributed by atoms with Crippen LogP contribution in [0.15, 0.2) is 60.7 Å². The van der Waals surface area contributed by atoms with Crippen LogP contribution in [0.25, 0.3) is 0 Å². The van der Waals surface area contributed by atoms with E-state index in [9.17, 15) is 19.2 Å². The molecular formula is C26H34NO7Si+. The minimum absolute atomic E-state index is 0.206. The molecule has 2 unspecified atom stereocenters. The van der Waals surface area contributed by atoms with Crippen molar-refractivity contribution < 1.29 is 37.6 Å². The molecule has 3 heterocycles. The number of rotatable bonds is 8. The summed E-state index contributed by atoms with van der Waals surface area (Å²) in [6, 6.07) is 19.0. The van der Waals surface area contributed by atoms with E-state index >= 15 is 0 Å². The lowest BCUT2D eigenvalue weighted by molar-refractivity contribution is -0.956. The molecule has 3 aliphatic heterocycles. The first kappa shape index (κ1) is 24.6. The summed E-state index contributed by atoms with van der Waals surface area (Å²) in [6.07, 6.45) is 6.41. The average Bonchev–Trinajstić information content (AvgIpc) is 3.39. The molecule has 35 heavy (non-hydrogen) atoms. The fourth-order valence-electron chi connectivity index (χ4n) is 6.71. The van der Waals surface area contributed by atoms with Crippen LogP contribution in [0.2, 0.25) is 0 Å². The predicted octanol–water partition coefficient (Wildman–Crippen LogP) is 2.18. The van der Waals surface area contributed by atoms with Gasteiger partial charge in [0, 0.05) is 38.5 Å². The zero-order valence-corrected chi connectivity index (χ0v) is 20.8. The lowest BCUT2D eigenvalue weighted by Crippen LogP contribution is -2.60. The minimum atomic E-state index is -4.84. The number of piperidine rings is 1. The summed E-state index contributed by atoms with van der Waals surface area (Å²) in [4.78, 5) is 42.1. The van der Waals surface area contributed by atoms with E-state index in [0.29, 0.717) is 23.2 Å². The summed E-state index contributed by atoms with van der Waals surface area (Å²) in [7, 11) is -4.84. The van der Waals surface area contributed by atoms with Gasteiger partial charge < -0.3 is 32.8 Å². The summed E-state index contributed by atoms with van der Waals surface area (Å²) in [5.74, 6) is -0.571. The SMILES string of the molecule is O=C(OC1CC2CCC(C1)[N+]21CCCC1)C(OCO[Si](O)(O)O)(c1ccccc1)c1ccccc1. The molecule has 2 bridgehead atoms. The van der Waals surface area contributed by atoms with Crippen molar-refractivity contribution in [1.82, 2.24) is 0 Å². The van der Waals surface area contributed by atoms with Crippen molar-refractivity contribution in [1.29, 1.82) is 0 Å². The van der Waals surface area contributed by atoms with E-state index in [1.54, 1.807) is 48.5 Å². The fraction of sp³-hybridized carbons (Fsp3) is 0.500. The van der Waals surface area contributed by atoms with Crippen LogP contribution < -0.4 is 0 Å². The summed E-state index contributed by atoms with van der Waals surface area (Å²) in [6.45, 7) is 1.78. The molecule has 5 rings (SSSR count). The second kappa shape index (κ2) is 9.74. The first-order chi connectivity index (χ1) is 16.8. The Morgan fingerprint density at radius 3 is 1.89 bits per heavy atom. The maximum absolute atomic E-state index is 14.1. The zero-order chi connectivity index (χ0) is 24.5. The van der Waals surface area contributed by atoms with Crippen molar-refractivity contribution in [2.45, 2.75) is 62.3 Å². The monoisotopic (exact) mass is 500 g/mol. The van der Waals surface area contributed by atoms with Crippen LogP contribution in [0.5, 0.6) is 0 Å². The molecule has 2 atom stereocenters. The first-order valence-corrected chi connectivity index (χ1v) is 14.2. The van der Waals surface area contributed by atoms with Crippen molar-refractivity contribution in [2.24, 2.45) is 0 Å². The van der Waals surface area contributed by atoms with Crippen LogP contribution in [0.4, 0.5) is 0 Å². The zero-order valence-electron chi connectivity index (χ0n) is 19.8. The maximum Gasteiger partial charge on any atom is 0.673 e. The van der Waals surface area contributed by atoms with Gasteiger partial charge in [0.05, 0.1) is 25.2 Å². The smallest absolute Gasteiger partial charge is 0.459 e. The lowest BCUT2D eigenvalue weighted by atomic mass is 9.85. The van der Waals surface area contributed by atoms with Gasteiger partial charge in [-0.3, -0.25) is 0 Å². The van der Waals surface area contributed by atoms with E-state index in [1.165, 1.54) is 43.3 Å². The van der Waals surface area contributed by atoms with Crippen LogP contribution in [-0.2, 0) is 24.3 Å². The highest BCUT2D eigenvalue weighted by atomic mass is 28.4. The fourth-order valence-corrected chi connectivity index (χ4v) is 6.93. The van der Waals surface area contributed by atoms with E-state index in [1.807, 2.05) is 12.1 Å². The molecule has 8 nitrogen and oxygen atoms in total. The quantitative estimate of drug-likeness (QED) is 0.221. The number of carbonyl (C=O) groups is 1. The first-order valence-electron chi connectivity index (χ1n) is 12.5. The van der Waals surface area contributed by atoms with Gasteiger partial charge in [0.1, 0.15) is 12.9 Å². The van der Waals surface area contributed by atoms with Crippen LogP contribution in [0, 0.1) is 0 Å². The van der Waals surface area contributed by atoms with Gasteiger partial charge in [-0.05, 0) is 11.1 Å². The van der Waals surface area contributed by atoms with Gasteiger partial charge in [-0.15, -0.1) is 0 Å². The molecular weight excluding hydrogens is 466 g/mol. The molecule has 3 aliphatic rings. The Morgan fingerprint density at radius 2 is 1.40 bits per heavy atom. The standard InChI is InChI=1S/C26H34NO7Si/c28-25(34-24-17-22-13-14-23(18-24)27(22)15-7-8-16-27)26(20-9-3-1-4-10-20,21-11-5-2-6-12-21)32-19-33-35(29,30)31/h1-6,9-12,22-24,29-31H,7-8,13-19H2/q+1. The molecule has 0 amide bonds. The Labute approximate surface area is 206 Å². The van der Waals surface area contributed by atoms with E-state index in [4.69, 9.17) is 13.9 Å². The maximum atomic E-state index is 14.1. The summed E-state index contributed by atoms with van der Waals surface area (Å²) in [5, 5.41) is 0. The van der Waals surface area contributed by atoms with Crippen LogP contribution >= 0.6 is 0 Å². The molecule has 1 spiro atoms. The van der Waals surface area contributed by atoms with Crippen molar-refractivity contribution in [3.8, 4) is 0 Å². The Kier molecular flexibility index (Phi) is 6.84. The van der Waals surface area contributed by atoms with Gasteiger partial charge in [0.15, 0.2) is 0 Å². The molecule has 3 saturated heterocycles. The summed E-state index contributed by atoms with van der Waals surface area (Å²) < 4.78 is 18.2. The van der Waals surface area contributed by atoms with E-state index < -0.39 is 27.4 Å². The minimum Gasteiger partial charge on any atom is -0.459 e. The molecule has 2 aromatic carbocycles. The largest absolute Gasteiger partial charge is 0.673 e. The van der Waals surface area contributed by atoms with E-state index in [2.05, 4.69) is 0 Å². The highest BCUT2D eigenvalue weighted by Crippen LogP contribution is 2.47. The number of benzene rings is 2. The Balaban J connectivity index is 1.45. The average molecular weight is 501 g/mol. The van der Waals surface area contributed by atoms with Crippen molar-refractivity contribution in [3.63, 3.8) is 0 Å². The van der Waals surface area contributed by atoms with Crippen LogP contribution in [0.1, 0.15) is 49.7 Å². The third kappa shape index (κ3) is 4.70. The van der Waals surface area contributed by atoms with Gasteiger partial charge in [-0.2, -0.15) is 0 Å². The van der Waals surface area contributed by atoms with Crippen LogP contribution in [0.3, 0.4) is 0 Å². The molecule has 3 N–H and O–H groups in total. The van der Waals surface area contributed by atoms with Gasteiger partial charge in [-0.25, -0.2) is 4.79 Å². The number of carbonyl (C=O) groups excluding carboxylic acids is 1. The third-order valence-corrected chi connectivity index (χ3v) is 8.71. The molecule has 9 heteroatoms. The molecule has 3 fully saturated rings. The highest BCUT2D eigenvalue weighted by molar-refractivity contribution is 6.48. The third-order valence-electron chi connectivity index (χ3n) is 8.21. The van der Waals surface area contributed by atoms with Gasteiger partial charge >= 0.3 is 15.0 Å². The second-order valence-electron chi connectivity index (χ2n) is 10.0. The van der Waals surface area contributed by atoms with Crippen LogP contribution in [-0.4, -0.2) is 72.0 Å². The number of nitrogens with zero attached hydrogens (tertiary/aromatic N) is 1.